The lowest BCUT2D eigenvalue weighted by atomic mass is 10.1. The van der Waals surface area contributed by atoms with Crippen molar-refractivity contribution in [2.45, 2.75) is 38.3 Å². The Morgan fingerprint density at radius 1 is 1.11 bits per heavy atom. The predicted molar refractivity (Wildman–Crippen MR) is 110 cm³/mol. The van der Waals surface area contributed by atoms with Gasteiger partial charge in [0.1, 0.15) is 6.10 Å². The number of rotatable bonds is 4. The van der Waals surface area contributed by atoms with E-state index in [2.05, 4.69) is 39.0 Å². The Morgan fingerprint density at radius 2 is 1.93 bits per heavy atom. The highest BCUT2D eigenvalue weighted by Crippen LogP contribution is 2.34. The molecule has 6 heteroatoms. The highest BCUT2D eigenvalue weighted by Gasteiger charge is 2.47. The molecule has 148 valence electrons. The number of nitrogens with zero attached hydrogens (tertiary/aromatic N) is 4. The molecule has 0 bridgehead atoms. The van der Waals surface area contributed by atoms with Crippen LogP contribution >= 0.6 is 0 Å². The molecule has 2 atom stereocenters. The van der Waals surface area contributed by atoms with Crippen molar-refractivity contribution in [2.24, 2.45) is 0 Å². The molecule has 0 N–H and O–H groups in total. The van der Waals surface area contributed by atoms with Crippen LogP contribution in [0.1, 0.15) is 25.0 Å². The molecule has 3 saturated heterocycles. The molecule has 6 nitrogen and oxygen atoms in total. The SMILES string of the molecule is Cc1cc(N2C[C@H]3OC(=O)N(CCN4CCCCC4)[C@H]3C2)c2ccccc2n1. The van der Waals surface area contributed by atoms with E-state index >= 15 is 0 Å². The van der Waals surface area contributed by atoms with Gasteiger partial charge in [-0.15, -0.1) is 0 Å². The second-order valence-corrected chi connectivity index (χ2v) is 8.29. The summed E-state index contributed by atoms with van der Waals surface area (Å²) < 4.78 is 5.74. The highest BCUT2D eigenvalue weighted by atomic mass is 16.6. The summed E-state index contributed by atoms with van der Waals surface area (Å²) in [6.07, 6.45) is 3.71. The van der Waals surface area contributed by atoms with Crippen LogP contribution in [0.4, 0.5) is 10.5 Å². The summed E-state index contributed by atoms with van der Waals surface area (Å²) in [5, 5.41) is 1.17. The molecule has 4 heterocycles. The lowest BCUT2D eigenvalue weighted by Crippen LogP contribution is -2.43. The van der Waals surface area contributed by atoms with E-state index in [-0.39, 0.29) is 18.2 Å². The first-order chi connectivity index (χ1) is 13.7. The molecule has 1 aromatic heterocycles. The molecule has 3 fully saturated rings. The topological polar surface area (TPSA) is 48.9 Å². The summed E-state index contributed by atoms with van der Waals surface area (Å²) in [5.41, 5.74) is 3.24. The smallest absolute Gasteiger partial charge is 0.410 e. The monoisotopic (exact) mass is 380 g/mol. The van der Waals surface area contributed by atoms with E-state index in [4.69, 9.17) is 4.74 Å². The molecule has 0 aliphatic carbocycles. The van der Waals surface area contributed by atoms with Gasteiger partial charge < -0.3 is 14.5 Å². The Hall–Kier alpha value is -2.34. The molecule has 5 rings (SSSR count). The summed E-state index contributed by atoms with van der Waals surface area (Å²) in [5.74, 6) is 0. The van der Waals surface area contributed by atoms with Crippen LogP contribution in [-0.2, 0) is 4.74 Å². The Bertz CT molecular complexity index is 880. The van der Waals surface area contributed by atoms with Crippen LogP contribution < -0.4 is 4.90 Å². The van der Waals surface area contributed by atoms with Gasteiger partial charge in [-0.1, -0.05) is 24.6 Å². The minimum Gasteiger partial charge on any atom is -0.442 e. The summed E-state index contributed by atoms with van der Waals surface area (Å²) in [6.45, 7) is 7.65. The zero-order valence-corrected chi connectivity index (χ0v) is 16.5. The first-order valence-electron chi connectivity index (χ1n) is 10.5. The van der Waals surface area contributed by atoms with Crippen molar-refractivity contribution in [3.8, 4) is 0 Å². The molecule has 1 amide bonds. The number of pyridine rings is 1. The van der Waals surface area contributed by atoms with Crippen molar-refractivity contribution >= 4 is 22.7 Å². The van der Waals surface area contributed by atoms with Gasteiger partial charge in [0.2, 0.25) is 0 Å². The van der Waals surface area contributed by atoms with Gasteiger partial charge >= 0.3 is 6.09 Å². The number of hydrogen-bond donors (Lipinski definition) is 0. The molecule has 3 aliphatic heterocycles. The first kappa shape index (κ1) is 17.7. The Morgan fingerprint density at radius 3 is 2.79 bits per heavy atom. The van der Waals surface area contributed by atoms with Crippen LogP contribution in [-0.4, -0.2) is 72.3 Å². The van der Waals surface area contributed by atoms with Gasteiger partial charge in [0.25, 0.3) is 0 Å². The lowest BCUT2D eigenvalue weighted by Gasteiger charge is -2.30. The van der Waals surface area contributed by atoms with Crippen LogP contribution in [0.3, 0.4) is 0 Å². The van der Waals surface area contributed by atoms with E-state index in [9.17, 15) is 4.79 Å². The van der Waals surface area contributed by atoms with E-state index in [0.29, 0.717) is 0 Å². The number of aryl methyl sites for hydroxylation is 1. The fourth-order valence-electron chi connectivity index (χ4n) is 4.94. The maximum atomic E-state index is 12.4. The number of carbonyl (C=O) groups is 1. The second kappa shape index (κ2) is 7.24. The van der Waals surface area contributed by atoms with Crippen LogP contribution in [0, 0.1) is 6.92 Å². The highest BCUT2D eigenvalue weighted by molar-refractivity contribution is 5.92. The maximum absolute atomic E-state index is 12.4. The zero-order valence-electron chi connectivity index (χ0n) is 16.5. The fraction of sp³-hybridized carbons (Fsp3) is 0.545. The van der Waals surface area contributed by atoms with Gasteiger partial charge in [0.05, 0.1) is 18.1 Å². The van der Waals surface area contributed by atoms with Crippen molar-refractivity contribution in [2.75, 3.05) is 44.2 Å². The van der Waals surface area contributed by atoms with Crippen LogP contribution in [0.25, 0.3) is 10.9 Å². The van der Waals surface area contributed by atoms with Crippen LogP contribution in [0.2, 0.25) is 0 Å². The number of benzene rings is 1. The van der Waals surface area contributed by atoms with E-state index in [1.807, 2.05) is 17.9 Å². The van der Waals surface area contributed by atoms with Crippen molar-refractivity contribution in [1.29, 1.82) is 0 Å². The quantitative estimate of drug-likeness (QED) is 0.816. The van der Waals surface area contributed by atoms with Crippen molar-refractivity contribution in [3.63, 3.8) is 0 Å². The number of aromatic nitrogens is 1. The van der Waals surface area contributed by atoms with Gasteiger partial charge in [-0.2, -0.15) is 0 Å². The third kappa shape index (κ3) is 3.20. The number of ether oxygens (including phenoxy) is 1. The average Bonchev–Trinajstić information content (AvgIpc) is 3.23. The number of amides is 1. The van der Waals surface area contributed by atoms with Crippen molar-refractivity contribution in [3.05, 3.63) is 36.0 Å². The molecule has 0 radical (unpaired) electrons. The fourth-order valence-corrected chi connectivity index (χ4v) is 4.94. The number of para-hydroxylation sites is 1. The zero-order chi connectivity index (χ0) is 19.1. The third-order valence-electron chi connectivity index (χ3n) is 6.39. The van der Waals surface area contributed by atoms with Crippen LogP contribution in [0.5, 0.6) is 0 Å². The number of likely N-dealkylation sites (tertiary alicyclic amines) is 1. The number of carbonyl (C=O) groups excluding carboxylic acids is 1. The van der Waals surface area contributed by atoms with Gasteiger partial charge in [0.15, 0.2) is 0 Å². The number of hydrogen-bond acceptors (Lipinski definition) is 5. The summed E-state index contributed by atoms with van der Waals surface area (Å²) in [4.78, 5) is 23.9. The molecule has 0 saturated carbocycles. The molecule has 3 aliphatic rings. The molecule has 0 unspecified atom stereocenters. The van der Waals surface area contributed by atoms with E-state index in [1.54, 1.807) is 0 Å². The first-order valence-corrected chi connectivity index (χ1v) is 10.5. The predicted octanol–water partition coefficient (Wildman–Crippen LogP) is 3.04. The standard InChI is InChI=1S/C22H28N4O2/c1-16-13-19(17-7-3-4-8-18(17)23-16)25-14-20-21(15-25)28-22(27)26(20)12-11-24-9-5-2-6-10-24/h3-4,7-8,13,20-21H,2,5-6,9-12,14-15H2,1H3/t20-,21+/m0/s1. The second-order valence-electron chi connectivity index (χ2n) is 8.29. The van der Waals surface area contributed by atoms with Crippen LogP contribution in [0.15, 0.2) is 30.3 Å². The molecule has 2 aromatic rings. The normalized spacial score (nSPS) is 25.4. The number of piperidine rings is 1. The van der Waals surface area contributed by atoms with E-state index in [1.165, 1.54) is 30.3 Å². The summed E-state index contributed by atoms with van der Waals surface area (Å²) in [7, 11) is 0. The molecular formula is C22H28N4O2. The molecule has 28 heavy (non-hydrogen) atoms. The molecule has 0 spiro atoms. The van der Waals surface area contributed by atoms with Gasteiger partial charge in [-0.25, -0.2) is 4.79 Å². The minimum absolute atomic E-state index is 0.0407. The Kier molecular flexibility index (Phi) is 4.59. The van der Waals surface area contributed by atoms with Gasteiger partial charge in [-0.05, 0) is 45.0 Å². The molecule has 1 aromatic carbocycles. The maximum Gasteiger partial charge on any atom is 0.410 e. The van der Waals surface area contributed by atoms with Gasteiger partial charge in [0, 0.05) is 36.4 Å². The summed E-state index contributed by atoms with van der Waals surface area (Å²) in [6, 6.07) is 10.6. The minimum atomic E-state index is -0.137. The average molecular weight is 380 g/mol. The van der Waals surface area contributed by atoms with E-state index in [0.717, 1.165) is 50.5 Å². The molecular weight excluding hydrogens is 352 g/mol. The summed E-state index contributed by atoms with van der Waals surface area (Å²) >= 11 is 0. The lowest BCUT2D eigenvalue weighted by molar-refractivity contribution is 0.132. The van der Waals surface area contributed by atoms with Crippen molar-refractivity contribution in [1.82, 2.24) is 14.8 Å². The van der Waals surface area contributed by atoms with E-state index < -0.39 is 0 Å². The Balaban J connectivity index is 1.33. The van der Waals surface area contributed by atoms with Gasteiger partial charge in [-0.3, -0.25) is 9.88 Å². The Labute approximate surface area is 166 Å². The largest absolute Gasteiger partial charge is 0.442 e. The van der Waals surface area contributed by atoms with Crippen molar-refractivity contribution < 1.29 is 9.53 Å². The number of anilines is 1. The number of fused-ring (bicyclic) bond motifs is 2. The third-order valence-corrected chi connectivity index (χ3v) is 6.39.